The zero-order valence-electron chi connectivity index (χ0n) is 14.8. The normalized spacial score (nSPS) is 14.7. The van der Waals surface area contributed by atoms with E-state index in [1.54, 1.807) is 18.2 Å². The van der Waals surface area contributed by atoms with Crippen LogP contribution < -0.4 is 9.46 Å². The first kappa shape index (κ1) is 18.0. The second kappa shape index (κ2) is 7.31. The van der Waals surface area contributed by atoms with E-state index in [1.807, 2.05) is 42.5 Å². The Hall–Kier alpha value is -2.41. The molecule has 1 aliphatic rings. The maximum absolute atomic E-state index is 12.5. The molecule has 0 amide bonds. The second-order valence-corrected chi connectivity index (χ2v) is 8.41. The largest absolute Gasteiger partial charge is 0.493 e. The summed E-state index contributed by atoms with van der Waals surface area (Å²) < 4.78 is 33.1. The molecule has 1 atom stereocenters. The molecular weight excluding hydrogens is 362 g/mol. The fourth-order valence-electron chi connectivity index (χ4n) is 3.44. The number of hydrogen-bond donors (Lipinski definition) is 2. The smallest absolute Gasteiger partial charge is 0.240 e. The van der Waals surface area contributed by atoms with Crippen molar-refractivity contribution in [3.8, 4) is 5.75 Å². The average Bonchev–Trinajstić information content (AvgIpc) is 3.15. The number of rotatable bonds is 6. The Bertz CT molecular complexity index is 1070. The summed E-state index contributed by atoms with van der Waals surface area (Å²) in [6.45, 7) is 0.740. The van der Waals surface area contributed by atoms with E-state index in [2.05, 4.69) is 4.72 Å². The number of nitrogens with one attached hydrogen (secondary N) is 1. The number of aliphatic hydroxyl groups excluding tert-OH is 1. The van der Waals surface area contributed by atoms with Crippen LogP contribution in [-0.4, -0.2) is 26.7 Å². The van der Waals surface area contributed by atoms with Crippen molar-refractivity contribution < 1.29 is 18.3 Å². The van der Waals surface area contributed by atoms with Crippen molar-refractivity contribution in [2.75, 3.05) is 13.2 Å². The first-order valence-electron chi connectivity index (χ1n) is 8.96. The number of aliphatic hydroxyl groups is 1. The standard InChI is InChI=1S/C21H21NO4S/c23-20(19-7-3-5-15-4-1-2-6-18(15)19)10-12-22-27(24,25)17-8-9-21-16(14-17)11-13-26-21/h1-9,14,20,22-23H,10-13H2/t20-/m1/s1. The van der Waals surface area contributed by atoms with E-state index in [0.29, 0.717) is 13.0 Å². The summed E-state index contributed by atoms with van der Waals surface area (Å²) in [6.07, 6.45) is 0.270. The monoisotopic (exact) mass is 383 g/mol. The topological polar surface area (TPSA) is 75.6 Å². The van der Waals surface area contributed by atoms with Gasteiger partial charge in [0.25, 0.3) is 0 Å². The summed E-state index contributed by atoms with van der Waals surface area (Å²) in [5, 5.41) is 12.6. The third-order valence-corrected chi connectivity index (χ3v) is 6.32. The summed E-state index contributed by atoms with van der Waals surface area (Å²) in [5.41, 5.74) is 1.72. The molecule has 0 saturated heterocycles. The van der Waals surface area contributed by atoms with Gasteiger partial charge < -0.3 is 9.84 Å². The zero-order chi connectivity index (χ0) is 18.9. The van der Waals surface area contributed by atoms with Crippen molar-refractivity contribution in [2.45, 2.75) is 23.8 Å². The Kier molecular flexibility index (Phi) is 4.86. The minimum absolute atomic E-state index is 0.153. The summed E-state index contributed by atoms with van der Waals surface area (Å²) in [6, 6.07) is 18.5. The quantitative estimate of drug-likeness (QED) is 0.686. The highest BCUT2D eigenvalue weighted by atomic mass is 32.2. The number of ether oxygens (including phenoxy) is 1. The second-order valence-electron chi connectivity index (χ2n) is 6.64. The Morgan fingerprint density at radius 1 is 1.07 bits per heavy atom. The van der Waals surface area contributed by atoms with Gasteiger partial charge in [-0.1, -0.05) is 42.5 Å². The average molecular weight is 383 g/mol. The van der Waals surface area contributed by atoms with E-state index in [4.69, 9.17) is 4.74 Å². The van der Waals surface area contributed by atoms with Crippen LogP contribution in [-0.2, 0) is 16.4 Å². The molecule has 140 valence electrons. The lowest BCUT2D eigenvalue weighted by atomic mass is 9.99. The fraction of sp³-hybridized carbons (Fsp3) is 0.238. The van der Waals surface area contributed by atoms with Crippen molar-refractivity contribution in [3.05, 3.63) is 71.8 Å². The minimum Gasteiger partial charge on any atom is -0.493 e. The van der Waals surface area contributed by atoms with E-state index in [1.165, 1.54) is 0 Å². The van der Waals surface area contributed by atoms with Gasteiger partial charge >= 0.3 is 0 Å². The van der Waals surface area contributed by atoms with Crippen LogP contribution in [0.15, 0.2) is 65.6 Å². The number of sulfonamides is 1. The summed E-state index contributed by atoms with van der Waals surface area (Å²) in [7, 11) is -3.62. The van der Waals surface area contributed by atoms with Crippen molar-refractivity contribution in [2.24, 2.45) is 0 Å². The van der Waals surface area contributed by atoms with Crippen LogP contribution in [0.25, 0.3) is 10.8 Å². The van der Waals surface area contributed by atoms with Gasteiger partial charge in [0.2, 0.25) is 10.0 Å². The zero-order valence-corrected chi connectivity index (χ0v) is 15.6. The molecule has 0 spiro atoms. The molecular formula is C21H21NO4S. The molecule has 0 unspecified atom stereocenters. The lowest BCUT2D eigenvalue weighted by Gasteiger charge is -2.14. The SMILES string of the molecule is O=S(=O)(NCC[C@@H](O)c1cccc2ccccc12)c1ccc2c(c1)CCO2. The van der Waals surface area contributed by atoms with Crippen molar-refractivity contribution >= 4 is 20.8 Å². The summed E-state index contributed by atoms with van der Waals surface area (Å²) in [4.78, 5) is 0.228. The van der Waals surface area contributed by atoms with Crippen LogP contribution in [0.3, 0.4) is 0 Å². The predicted molar refractivity (Wildman–Crippen MR) is 104 cm³/mol. The maximum atomic E-state index is 12.5. The maximum Gasteiger partial charge on any atom is 0.240 e. The van der Waals surface area contributed by atoms with Crippen molar-refractivity contribution in [3.63, 3.8) is 0 Å². The summed E-state index contributed by atoms with van der Waals surface area (Å²) in [5.74, 6) is 0.750. The first-order valence-corrected chi connectivity index (χ1v) is 10.4. The van der Waals surface area contributed by atoms with Gasteiger partial charge in [-0.05, 0) is 46.5 Å². The van der Waals surface area contributed by atoms with Crippen LogP contribution in [0.5, 0.6) is 5.75 Å². The van der Waals surface area contributed by atoms with Gasteiger partial charge in [-0.3, -0.25) is 0 Å². The van der Waals surface area contributed by atoms with Crippen LogP contribution in [0.2, 0.25) is 0 Å². The molecule has 0 saturated carbocycles. The van der Waals surface area contributed by atoms with E-state index in [0.717, 1.165) is 34.1 Å². The predicted octanol–water partition coefficient (Wildman–Crippen LogP) is 3.18. The molecule has 27 heavy (non-hydrogen) atoms. The van der Waals surface area contributed by atoms with Gasteiger partial charge in [-0.15, -0.1) is 0 Å². The molecule has 5 nitrogen and oxygen atoms in total. The van der Waals surface area contributed by atoms with Gasteiger partial charge in [0.05, 0.1) is 17.6 Å². The molecule has 6 heteroatoms. The summed E-state index contributed by atoms with van der Waals surface area (Å²) >= 11 is 0. The van der Waals surface area contributed by atoms with Gasteiger partial charge in [0.1, 0.15) is 5.75 Å². The number of benzene rings is 3. The van der Waals surface area contributed by atoms with Crippen molar-refractivity contribution in [1.82, 2.24) is 4.72 Å². The van der Waals surface area contributed by atoms with Crippen LogP contribution in [0.1, 0.15) is 23.7 Å². The van der Waals surface area contributed by atoms with Crippen LogP contribution in [0.4, 0.5) is 0 Å². The molecule has 1 aliphatic heterocycles. The van der Waals surface area contributed by atoms with E-state index in [-0.39, 0.29) is 11.4 Å². The molecule has 3 aromatic carbocycles. The fourth-order valence-corrected chi connectivity index (χ4v) is 4.54. The number of fused-ring (bicyclic) bond motifs is 2. The molecule has 0 fully saturated rings. The Labute approximate surface area is 158 Å². The van der Waals surface area contributed by atoms with E-state index >= 15 is 0 Å². The van der Waals surface area contributed by atoms with Crippen LogP contribution in [0, 0.1) is 0 Å². The number of hydrogen-bond acceptors (Lipinski definition) is 4. The Morgan fingerprint density at radius 3 is 2.78 bits per heavy atom. The third-order valence-electron chi connectivity index (χ3n) is 4.86. The molecule has 1 heterocycles. The molecule has 3 aromatic rings. The molecule has 4 rings (SSSR count). The molecule has 0 aliphatic carbocycles. The lowest BCUT2D eigenvalue weighted by Crippen LogP contribution is -2.26. The minimum atomic E-state index is -3.62. The molecule has 0 bridgehead atoms. The third kappa shape index (κ3) is 3.69. The Morgan fingerprint density at radius 2 is 1.89 bits per heavy atom. The van der Waals surface area contributed by atoms with Gasteiger partial charge in [-0.25, -0.2) is 13.1 Å². The van der Waals surface area contributed by atoms with Crippen molar-refractivity contribution in [1.29, 1.82) is 0 Å². The Balaban J connectivity index is 1.44. The van der Waals surface area contributed by atoms with Gasteiger partial charge in [0.15, 0.2) is 0 Å². The molecule has 0 radical (unpaired) electrons. The highest BCUT2D eigenvalue weighted by molar-refractivity contribution is 7.89. The van der Waals surface area contributed by atoms with Gasteiger partial charge in [-0.2, -0.15) is 0 Å². The lowest BCUT2D eigenvalue weighted by molar-refractivity contribution is 0.170. The highest BCUT2D eigenvalue weighted by Crippen LogP contribution is 2.28. The van der Waals surface area contributed by atoms with E-state index in [9.17, 15) is 13.5 Å². The molecule has 0 aromatic heterocycles. The highest BCUT2D eigenvalue weighted by Gasteiger charge is 2.20. The molecule has 2 N–H and O–H groups in total. The van der Waals surface area contributed by atoms with Crippen LogP contribution >= 0.6 is 0 Å². The first-order chi connectivity index (χ1) is 13.0. The van der Waals surface area contributed by atoms with E-state index < -0.39 is 16.1 Å². The van der Waals surface area contributed by atoms with Gasteiger partial charge in [0, 0.05) is 13.0 Å².